The average Bonchev–Trinajstić information content (AvgIpc) is 3.41. The summed E-state index contributed by atoms with van der Waals surface area (Å²) in [5.74, 6) is 1.66. The number of nitrogens with zero attached hydrogens (tertiary/aromatic N) is 3. The molecule has 8 nitrogen and oxygen atoms in total. The molecular weight excluding hydrogens is 623 g/mol. The number of likely N-dealkylation sites (N-methyl/N-ethyl adjacent to an activating group) is 1. The van der Waals surface area contributed by atoms with Crippen LogP contribution in [0.2, 0.25) is 0 Å². The first-order valence-electron chi connectivity index (χ1n) is 16.2. The van der Waals surface area contributed by atoms with Crippen LogP contribution in [0.4, 0.5) is 0 Å². The third-order valence-electron chi connectivity index (χ3n) is 8.53. The van der Waals surface area contributed by atoms with Gasteiger partial charge in [-0.2, -0.15) is 0 Å². The SMILES string of the molecule is CCOc1cc(/C=c2/sc3n(c2=O)[C@@H](c2c(OC)ccc4ccccc24)C(C(=O)N(CC)CC)=C(C)N=3)ccc1OCc1ccccc1. The summed E-state index contributed by atoms with van der Waals surface area (Å²) in [7, 11) is 1.61. The van der Waals surface area contributed by atoms with E-state index < -0.39 is 6.04 Å². The molecule has 0 radical (unpaired) electrons. The molecule has 0 saturated carbocycles. The third kappa shape index (κ3) is 6.25. The van der Waals surface area contributed by atoms with Crippen molar-refractivity contribution in [1.82, 2.24) is 9.47 Å². The van der Waals surface area contributed by atoms with E-state index in [1.807, 2.05) is 119 Å². The molecule has 0 fully saturated rings. The Balaban J connectivity index is 1.51. The number of hydrogen-bond donors (Lipinski definition) is 0. The standard InChI is InChI=1S/C39H39N3O5S/c1-6-41(7-2)38(44)34-25(4)40-39-42(36(34)35-29-17-13-12-16-28(29)19-21-31(35)45-5)37(43)33(48-39)23-27-18-20-30(32(22-27)46-8-3)47-24-26-14-10-9-11-15-26/h9-23,36H,6-8,24H2,1-5H3/b33-23+/t36-/m1/s1. The van der Waals surface area contributed by atoms with Gasteiger partial charge in [-0.3, -0.25) is 14.2 Å². The number of carbonyl (C=O) groups is 1. The number of amides is 1. The number of allylic oxidation sites excluding steroid dienone is 1. The predicted molar refractivity (Wildman–Crippen MR) is 191 cm³/mol. The number of ether oxygens (including phenoxy) is 3. The zero-order chi connectivity index (χ0) is 33.8. The van der Waals surface area contributed by atoms with Gasteiger partial charge in [-0.25, -0.2) is 4.99 Å². The van der Waals surface area contributed by atoms with Crippen molar-refractivity contribution in [3.05, 3.63) is 133 Å². The van der Waals surface area contributed by atoms with E-state index in [0.29, 0.717) is 64.2 Å². The van der Waals surface area contributed by atoms with Crippen LogP contribution in [0.3, 0.4) is 0 Å². The van der Waals surface area contributed by atoms with E-state index in [0.717, 1.165) is 27.5 Å². The van der Waals surface area contributed by atoms with Gasteiger partial charge in [0.05, 0.1) is 29.5 Å². The lowest BCUT2D eigenvalue weighted by Crippen LogP contribution is -2.43. The maximum atomic E-state index is 14.5. The van der Waals surface area contributed by atoms with Crippen LogP contribution in [0, 0.1) is 0 Å². The second kappa shape index (κ2) is 14.3. The van der Waals surface area contributed by atoms with E-state index in [1.54, 1.807) is 16.6 Å². The maximum Gasteiger partial charge on any atom is 0.271 e. The molecule has 48 heavy (non-hydrogen) atoms. The first-order chi connectivity index (χ1) is 23.4. The van der Waals surface area contributed by atoms with Crippen LogP contribution in [-0.4, -0.2) is 42.2 Å². The van der Waals surface area contributed by atoms with Gasteiger partial charge >= 0.3 is 0 Å². The van der Waals surface area contributed by atoms with Gasteiger partial charge in [-0.15, -0.1) is 0 Å². The smallest absolute Gasteiger partial charge is 0.271 e. The molecule has 9 heteroatoms. The second-order valence-corrected chi connectivity index (χ2v) is 12.4. The number of methoxy groups -OCH3 is 1. The molecule has 6 rings (SSSR count). The predicted octanol–water partition coefficient (Wildman–Crippen LogP) is 6.24. The molecule has 0 spiro atoms. The van der Waals surface area contributed by atoms with Crippen LogP contribution in [0.15, 0.2) is 106 Å². The first kappa shape index (κ1) is 32.8. The topological polar surface area (TPSA) is 82.4 Å². The summed E-state index contributed by atoms with van der Waals surface area (Å²) in [6.45, 7) is 9.61. The molecule has 0 aliphatic carbocycles. The molecule has 2 heterocycles. The molecule has 0 saturated heterocycles. The summed E-state index contributed by atoms with van der Waals surface area (Å²) in [6.07, 6.45) is 1.84. The molecule has 1 aliphatic rings. The van der Waals surface area contributed by atoms with Gasteiger partial charge in [0.15, 0.2) is 16.3 Å². The van der Waals surface area contributed by atoms with Crippen LogP contribution in [0.5, 0.6) is 17.2 Å². The summed E-state index contributed by atoms with van der Waals surface area (Å²) in [6, 6.07) is 26.7. The van der Waals surface area contributed by atoms with Crippen molar-refractivity contribution in [2.75, 3.05) is 26.8 Å². The Morgan fingerprint density at radius 2 is 1.65 bits per heavy atom. The largest absolute Gasteiger partial charge is 0.496 e. The van der Waals surface area contributed by atoms with Crippen molar-refractivity contribution in [2.45, 2.75) is 40.3 Å². The van der Waals surface area contributed by atoms with Gasteiger partial charge in [-0.05, 0) is 73.9 Å². The zero-order valence-electron chi connectivity index (χ0n) is 27.9. The van der Waals surface area contributed by atoms with E-state index in [9.17, 15) is 9.59 Å². The summed E-state index contributed by atoms with van der Waals surface area (Å²) in [5, 5.41) is 1.89. The van der Waals surface area contributed by atoms with E-state index in [-0.39, 0.29) is 11.5 Å². The first-order valence-corrected chi connectivity index (χ1v) is 17.0. The highest BCUT2D eigenvalue weighted by molar-refractivity contribution is 7.07. The van der Waals surface area contributed by atoms with Crippen LogP contribution in [0.25, 0.3) is 16.8 Å². The van der Waals surface area contributed by atoms with Crippen molar-refractivity contribution in [3.8, 4) is 17.2 Å². The number of benzene rings is 4. The Labute approximate surface area is 283 Å². The summed E-state index contributed by atoms with van der Waals surface area (Å²) in [4.78, 5) is 35.8. The molecule has 1 aromatic heterocycles. The molecule has 1 aliphatic heterocycles. The molecule has 4 aromatic carbocycles. The minimum atomic E-state index is -0.745. The Bertz CT molecular complexity index is 2180. The number of hydrogen-bond acceptors (Lipinski definition) is 7. The number of aromatic nitrogens is 1. The Kier molecular flexibility index (Phi) is 9.77. The Morgan fingerprint density at radius 3 is 2.38 bits per heavy atom. The highest BCUT2D eigenvalue weighted by Gasteiger charge is 2.36. The minimum absolute atomic E-state index is 0.150. The van der Waals surface area contributed by atoms with Crippen LogP contribution in [0.1, 0.15) is 50.4 Å². The number of carbonyl (C=O) groups excluding carboxylic acids is 1. The van der Waals surface area contributed by atoms with Crippen LogP contribution < -0.4 is 29.1 Å². The molecule has 1 atom stereocenters. The van der Waals surface area contributed by atoms with Gasteiger partial charge in [0.2, 0.25) is 0 Å². The number of rotatable bonds is 11. The minimum Gasteiger partial charge on any atom is -0.496 e. The van der Waals surface area contributed by atoms with E-state index in [2.05, 4.69) is 0 Å². The van der Waals surface area contributed by atoms with Crippen molar-refractivity contribution < 1.29 is 19.0 Å². The Morgan fingerprint density at radius 1 is 0.917 bits per heavy atom. The van der Waals surface area contributed by atoms with Gasteiger partial charge in [0.1, 0.15) is 18.4 Å². The van der Waals surface area contributed by atoms with Gasteiger partial charge < -0.3 is 19.1 Å². The van der Waals surface area contributed by atoms with E-state index >= 15 is 0 Å². The maximum absolute atomic E-state index is 14.5. The summed E-state index contributed by atoms with van der Waals surface area (Å²) in [5.41, 5.74) is 3.40. The number of fused-ring (bicyclic) bond motifs is 2. The molecular formula is C39H39N3O5S. The van der Waals surface area contributed by atoms with Gasteiger partial charge in [-0.1, -0.05) is 78.1 Å². The second-order valence-electron chi connectivity index (χ2n) is 11.4. The highest BCUT2D eigenvalue weighted by atomic mass is 32.1. The lowest BCUT2D eigenvalue weighted by molar-refractivity contribution is -0.127. The molecule has 0 N–H and O–H groups in total. The molecule has 5 aromatic rings. The zero-order valence-corrected chi connectivity index (χ0v) is 28.7. The molecule has 0 bridgehead atoms. The quantitative estimate of drug-likeness (QED) is 0.167. The molecule has 246 valence electrons. The monoisotopic (exact) mass is 661 g/mol. The fourth-order valence-electron chi connectivity index (χ4n) is 6.17. The number of thiazole rings is 1. The van der Waals surface area contributed by atoms with E-state index in [4.69, 9.17) is 19.2 Å². The lowest BCUT2D eigenvalue weighted by Gasteiger charge is -2.30. The third-order valence-corrected chi connectivity index (χ3v) is 9.51. The van der Waals surface area contributed by atoms with E-state index in [1.165, 1.54) is 11.3 Å². The summed E-state index contributed by atoms with van der Waals surface area (Å²) >= 11 is 1.30. The van der Waals surface area contributed by atoms with Crippen molar-refractivity contribution in [1.29, 1.82) is 0 Å². The normalized spacial score (nSPS) is 14.4. The van der Waals surface area contributed by atoms with Crippen molar-refractivity contribution >= 4 is 34.1 Å². The van der Waals surface area contributed by atoms with Crippen LogP contribution >= 0.6 is 11.3 Å². The van der Waals surface area contributed by atoms with Crippen molar-refractivity contribution in [2.24, 2.45) is 4.99 Å². The lowest BCUT2D eigenvalue weighted by atomic mass is 9.90. The molecule has 0 unspecified atom stereocenters. The summed E-state index contributed by atoms with van der Waals surface area (Å²) < 4.78 is 20.1. The van der Waals surface area contributed by atoms with Gasteiger partial charge in [0.25, 0.3) is 11.5 Å². The Hall–Kier alpha value is -5.15. The van der Waals surface area contributed by atoms with Gasteiger partial charge in [0, 0.05) is 18.7 Å². The van der Waals surface area contributed by atoms with Crippen LogP contribution in [-0.2, 0) is 11.4 Å². The fraction of sp³-hybridized carbons (Fsp3) is 0.256. The fourth-order valence-corrected chi connectivity index (χ4v) is 7.22. The highest BCUT2D eigenvalue weighted by Crippen LogP contribution is 2.40. The van der Waals surface area contributed by atoms with Crippen molar-refractivity contribution in [3.63, 3.8) is 0 Å². The average molecular weight is 662 g/mol. The molecule has 1 amide bonds.